The first kappa shape index (κ1) is 20.5. The molecule has 0 unspecified atom stereocenters. The average molecular weight is 395 g/mol. The van der Waals surface area contributed by atoms with Crippen molar-refractivity contribution >= 4 is 23.1 Å². The van der Waals surface area contributed by atoms with Crippen molar-refractivity contribution < 1.29 is 14.5 Å². The molecule has 1 fully saturated rings. The van der Waals surface area contributed by atoms with Crippen molar-refractivity contribution in [3.8, 4) is 0 Å². The summed E-state index contributed by atoms with van der Waals surface area (Å²) in [7, 11) is 0. The number of aryl methyl sites for hydroxylation is 1. The summed E-state index contributed by atoms with van der Waals surface area (Å²) in [6, 6.07) is 14.2. The van der Waals surface area contributed by atoms with Gasteiger partial charge in [0.15, 0.2) is 5.78 Å². The summed E-state index contributed by atoms with van der Waals surface area (Å²) >= 11 is 0. The molecule has 1 saturated heterocycles. The normalized spacial score (nSPS) is 14.0. The Morgan fingerprint density at radius 2 is 1.62 bits per heavy atom. The number of carbonyl (C=O) groups is 2. The molecule has 0 N–H and O–H groups in total. The van der Waals surface area contributed by atoms with E-state index in [1.165, 1.54) is 11.6 Å². The van der Waals surface area contributed by atoms with Crippen LogP contribution in [0.15, 0.2) is 48.5 Å². The lowest BCUT2D eigenvalue weighted by Crippen LogP contribution is -2.49. The molecule has 3 rings (SSSR count). The first-order valence-electron chi connectivity index (χ1n) is 9.88. The SMILES string of the molecule is CCc1ccc(C(=O)CCC(=O)N2CCN(c3ccccc3[N+](=O)[O-])CC2)cc1. The zero-order valence-corrected chi connectivity index (χ0v) is 16.5. The van der Waals surface area contributed by atoms with Gasteiger partial charge in [-0.2, -0.15) is 0 Å². The zero-order chi connectivity index (χ0) is 20.8. The number of amides is 1. The highest BCUT2D eigenvalue weighted by atomic mass is 16.6. The van der Waals surface area contributed by atoms with Gasteiger partial charge in [0.25, 0.3) is 5.69 Å². The molecule has 1 amide bonds. The molecule has 0 bridgehead atoms. The molecule has 0 radical (unpaired) electrons. The fourth-order valence-electron chi connectivity index (χ4n) is 3.53. The smallest absolute Gasteiger partial charge is 0.292 e. The second-order valence-electron chi connectivity index (χ2n) is 7.09. The van der Waals surface area contributed by atoms with Crippen LogP contribution in [0.25, 0.3) is 0 Å². The van der Waals surface area contributed by atoms with E-state index < -0.39 is 0 Å². The van der Waals surface area contributed by atoms with Crippen LogP contribution < -0.4 is 4.90 Å². The average Bonchev–Trinajstić information content (AvgIpc) is 2.77. The minimum atomic E-state index is -0.383. The number of piperazine rings is 1. The minimum absolute atomic E-state index is 0.0282. The number of anilines is 1. The van der Waals surface area contributed by atoms with Gasteiger partial charge in [-0.1, -0.05) is 43.3 Å². The van der Waals surface area contributed by atoms with Crippen molar-refractivity contribution in [1.29, 1.82) is 0 Å². The maximum atomic E-state index is 12.5. The van der Waals surface area contributed by atoms with Crippen molar-refractivity contribution in [3.05, 3.63) is 69.8 Å². The van der Waals surface area contributed by atoms with Crippen molar-refractivity contribution in [1.82, 2.24) is 4.90 Å². The molecule has 1 aliphatic rings. The Labute approximate surface area is 170 Å². The molecular weight excluding hydrogens is 370 g/mol. The van der Waals surface area contributed by atoms with Gasteiger partial charge in [-0.15, -0.1) is 0 Å². The largest absolute Gasteiger partial charge is 0.362 e. The van der Waals surface area contributed by atoms with Gasteiger partial charge in [-0.05, 0) is 18.1 Å². The summed E-state index contributed by atoms with van der Waals surface area (Å²) in [5, 5.41) is 11.2. The molecule has 0 spiro atoms. The highest BCUT2D eigenvalue weighted by molar-refractivity contribution is 5.98. The van der Waals surface area contributed by atoms with E-state index in [4.69, 9.17) is 0 Å². The summed E-state index contributed by atoms with van der Waals surface area (Å²) < 4.78 is 0. The number of nitrogens with zero attached hydrogens (tertiary/aromatic N) is 3. The fourth-order valence-corrected chi connectivity index (χ4v) is 3.53. The van der Waals surface area contributed by atoms with E-state index in [1.54, 1.807) is 23.1 Å². The minimum Gasteiger partial charge on any atom is -0.362 e. The first-order valence-corrected chi connectivity index (χ1v) is 9.88. The number of rotatable bonds is 7. The van der Waals surface area contributed by atoms with Crippen LogP contribution >= 0.6 is 0 Å². The van der Waals surface area contributed by atoms with Crippen LogP contribution in [-0.2, 0) is 11.2 Å². The number of nitro groups is 1. The van der Waals surface area contributed by atoms with Gasteiger partial charge in [0.1, 0.15) is 5.69 Å². The fraction of sp³-hybridized carbons (Fsp3) is 0.364. The molecule has 1 aliphatic heterocycles. The molecular formula is C22H25N3O4. The molecule has 0 aliphatic carbocycles. The van der Waals surface area contributed by atoms with Crippen molar-refractivity contribution in [2.45, 2.75) is 26.2 Å². The number of para-hydroxylation sites is 2. The molecule has 2 aromatic carbocycles. The predicted octanol–water partition coefficient (Wildman–Crippen LogP) is 3.47. The third-order valence-corrected chi connectivity index (χ3v) is 5.30. The van der Waals surface area contributed by atoms with Gasteiger partial charge in [0.05, 0.1) is 4.92 Å². The van der Waals surface area contributed by atoms with Crippen molar-refractivity contribution in [2.24, 2.45) is 0 Å². The molecule has 29 heavy (non-hydrogen) atoms. The molecule has 1 heterocycles. The topological polar surface area (TPSA) is 83.8 Å². The highest BCUT2D eigenvalue weighted by Gasteiger charge is 2.25. The Morgan fingerprint density at radius 3 is 2.24 bits per heavy atom. The number of carbonyl (C=O) groups excluding carboxylic acids is 2. The summed E-state index contributed by atoms with van der Waals surface area (Å²) in [6.07, 6.45) is 1.29. The van der Waals surface area contributed by atoms with Crippen LogP contribution in [0.2, 0.25) is 0 Å². The second kappa shape index (κ2) is 9.32. The zero-order valence-electron chi connectivity index (χ0n) is 16.5. The van der Waals surface area contributed by atoms with Gasteiger partial charge in [-0.3, -0.25) is 19.7 Å². The Kier molecular flexibility index (Phi) is 6.59. The number of ketones is 1. The van der Waals surface area contributed by atoms with Gasteiger partial charge in [0, 0.05) is 50.7 Å². The Balaban J connectivity index is 1.51. The van der Waals surface area contributed by atoms with Gasteiger partial charge < -0.3 is 9.80 Å². The lowest BCUT2D eigenvalue weighted by atomic mass is 10.0. The van der Waals surface area contributed by atoms with E-state index in [0.717, 1.165) is 6.42 Å². The molecule has 152 valence electrons. The third-order valence-electron chi connectivity index (χ3n) is 5.30. The van der Waals surface area contributed by atoms with Crippen LogP contribution in [0.1, 0.15) is 35.7 Å². The van der Waals surface area contributed by atoms with Gasteiger partial charge in [-0.25, -0.2) is 0 Å². The summed E-state index contributed by atoms with van der Waals surface area (Å²) in [4.78, 5) is 39.3. The van der Waals surface area contributed by atoms with Crippen molar-refractivity contribution in [3.63, 3.8) is 0 Å². The van der Waals surface area contributed by atoms with Gasteiger partial charge >= 0.3 is 0 Å². The van der Waals surface area contributed by atoms with Crippen LogP contribution in [0, 0.1) is 10.1 Å². The maximum absolute atomic E-state index is 12.5. The Bertz CT molecular complexity index is 887. The first-order chi connectivity index (χ1) is 14.0. The van der Waals surface area contributed by atoms with E-state index >= 15 is 0 Å². The number of benzene rings is 2. The van der Waals surface area contributed by atoms with E-state index in [-0.39, 0.29) is 35.1 Å². The molecule has 7 nitrogen and oxygen atoms in total. The Hall–Kier alpha value is -3.22. The predicted molar refractivity (Wildman–Crippen MR) is 111 cm³/mol. The van der Waals surface area contributed by atoms with Gasteiger partial charge in [0.2, 0.25) is 5.91 Å². The number of Topliss-reactive ketones (excluding diaryl/α,β-unsaturated/α-hetero) is 1. The quantitative estimate of drug-likeness (QED) is 0.407. The molecule has 0 aromatic heterocycles. The summed E-state index contributed by atoms with van der Waals surface area (Å²) in [5.74, 6) is -0.0784. The van der Waals surface area contributed by atoms with E-state index in [2.05, 4.69) is 6.92 Å². The standard InChI is InChI=1S/C22H25N3O4/c1-2-17-7-9-18(10-8-17)21(26)11-12-22(27)24-15-13-23(14-16-24)19-5-3-4-6-20(19)25(28)29/h3-10H,2,11-16H2,1H3. The molecule has 7 heteroatoms. The lowest BCUT2D eigenvalue weighted by molar-refractivity contribution is -0.384. The van der Waals surface area contributed by atoms with E-state index in [1.807, 2.05) is 29.2 Å². The molecule has 0 atom stereocenters. The van der Waals surface area contributed by atoms with E-state index in [9.17, 15) is 19.7 Å². The number of hydrogen-bond donors (Lipinski definition) is 0. The van der Waals surface area contributed by atoms with Crippen LogP contribution in [0.4, 0.5) is 11.4 Å². The third kappa shape index (κ3) is 4.99. The Morgan fingerprint density at radius 1 is 0.966 bits per heavy atom. The lowest BCUT2D eigenvalue weighted by Gasteiger charge is -2.35. The number of nitro benzene ring substituents is 1. The van der Waals surface area contributed by atoms with Crippen LogP contribution in [0.3, 0.4) is 0 Å². The summed E-state index contributed by atoms with van der Waals surface area (Å²) in [6.45, 7) is 4.10. The van der Waals surface area contributed by atoms with Crippen LogP contribution in [0.5, 0.6) is 0 Å². The monoisotopic (exact) mass is 395 g/mol. The second-order valence-corrected chi connectivity index (χ2v) is 7.09. The molecule has 0 saturated carbocycles. The van der Waals surface area contributed by atoms with Crippen LogP contribution in [-0.4, -0.2) is 47.7 Å². The highest BCUT2D eigenvalue weighted by Crippen LogP contribution is 2.28. The van der Waals surface area contributed by atoms with Crippen molar-refractivity contribution in [2.75, 3.05) is 31.1 Å². The van der Waals surface area contributed by atoms with E-state index in [0.29, 0.717) is 37.4 Å². The maximum Gasteiger partial charge on any atom is 0.292 e. The summed E-state index contributed by atoms with van der Waals surface area (Å²) in [5.41, 5.74) is 2.47. The molecule has 2 aromatic rings. The number of hydrogen-bond acceptors (Lipinski definition) is 5.